The Kier molecular flexibility index (Phi) is 4.06. The van der Waals surface area contributed by atoms with Gasteiger partial charge in [-0.3, -0.25) is 4.79 Å². The van der Waals surface area contributed by atoms with Crippen molar-refractivity contribution in [3.63, 3.8) is 0 Å². The van der Waals surface area contributed by atoms with Gasteiger partial charge in [0.1, 0.15) is 4.75 Å². The van der Waals surface area contributed by atoms with Gasteiger partial charge in [0.25, 0.3) is 0 Å². The molecule has 2 saturated heterocycles. The second kappa shape index (κ2) is 6.40. The average molecular weight is 432 g/mol. The number of hydrogen-bond acceptors (Lipinski definition) is 6. The van der Waals surface area contributed by atoms with Crippen LogP contribution < -0.4 is 4.74 Å². The normalized spacial score (nSPS) is 39.8. The quantitative estimate of drug-likeness (QED) is 0.725. The minimum atomic E-state index is -3.24. The molecule has 1 aromatic rings. The van der Waals surface area contributed by atoms with Crippen molar-refractivity contribution < 1.29 is 17.9 Å². The number of amides is 1. The highest BCUT2D eigenvalue weighted by atomic mass is 32.2. The van der Waals surface area contributed by atoms with E-state index < -0.39 is 14.6 Å². The van der Waals surface area contributed by atoms with Crippen molar-refractivity contribution in [3.8, 4) is 6.01 Å². The van der Waals surface area contributed by atoms with Crippen molar-refractivity contribution in [3.05, 3.63) is 18.5 Å². The maximum Gasteiger partial charge on any atom is 0.316 e. The van der Waals surface area contributed by atoms with Crippen molar-refractivity contribution in [2.75, 3.05) is 25.4 Å². The van der Waals surface area contributed by atoms with Gasteiger partial charge in [0.15, 0.2) is 9.84 Å². The molecule has 1 amide bonds. The van der Waals surface area contributed by atoms with E-state index in [1.165, 1.54) is 19.3 Å². The maximum absolute atomic E-state index is 13.6. The number of nitrogens with zero attached hydrogens (tertiary/aromatic N) is 3. The third kappa shape index (κ3) is 2.68. The summed E-state index contributed by atoms with van der Waals surface area (Å²) in [6.07, 6.45) is 10.7. The van der Waals surface area contributed by atoms with Crippen LogP contribution in [0.1, 0.15) is 44.9 Å². The minimum Gasteiger partial charge on any atom is -0.463 e. The van der Waals surface area contributed by atoms with E-state index in [4.69, 9.17) is 4.74 Å². The first kappa shape index (κ1) is 19.0. The zero-order valence-corrected chi connectivity index (χ0v) is 18.0. The van der Waals surface area contributed by atoms with E-state index in [0.29, 0.717) is 37.3 Å². The summed E-state index contributed by atoms with van der Waals surface area (Å²) in [5, 5.41) is 0. The number of rotatable bonds is 4. The van der Waals surface area contributed by atoms with Crippen LogP contribution >= 0.6 is 0 Å². The third-order valence-corrected chi connectivity index (χ3v) is 11.4. The van der Waals surface area contributed by atoms with Gasteiger partial charge in [-0.2, -0.15) is 0 Å². The van der Waals surface area contributed by atoms with Crippen molar-refractivity contribution in [2.24, 2.45) is 29.1 Å². The van der Waals surface area contributed by atoms with Gasteiger partial charge in [-0.25, -0.2) is 18.4 Å². The van der Waals surface area contributed by atoms with Crippen LogP contribution in [0.4, 0.5) is 0 Å². The van der Waals surface area contributed by atoms with Crippen LogP contribution in [0.25, 0.3) is 0 Å². The van der Waals surface area contributed by atoms with Crippen LogP contribution in [0.3, 0.4) is 0 Å². The molecule has 7 rings (SSSR count). The summed E-state index contributed by atoms with van der Waals surface area (Å²) in [4.78, 5) is 23.6. The second-order valence-electron chi connectivity index (χ2n) is 10.6. The molecule has 4 saturated carbocycles. The van der Waals surface area contributed by atoms with Crippen molar-refractivity contribution in [1.29, 1.82) is 0 Å². The van der Waals surface area contributed by atoms with Crippen LogP contribution in [0, 0.1) is 29.1 Å². The molecule has 30 heavy (non-hydrogen) atoms. The molecule has 8 heteroatoms. The van der Waals surface area contributed by atoms with Gasteiger partial charge in [0.2, 0.25) is 5.91 Å². The Morgan fingerprint density at radius 3 is 2.27 bits per heavy atom. The fraction of sp³-hybridized carbons (Fsp3) is 0.773. The number of carbonyl (C=O) groups is 1. The molecule has 0 aromatic carbocycles. The highest BCUT2D eigenvalue weighted by Gasteiger charge is 2.65. The Balaban J connectivity index is 1.18. The van der Waals surface area contributed by atoms with Crippen molar-refractivity contribution >= 4 is 15.7 Å². The third-order valence-electron chi connectivity index (χ3n) is 8.75. The Hall–Kier alpha value is -1.70. The fourth-order valence-electron chi connectivity index (χ4n) is 7.69. The van der Waals surface area contributed by atoms with Crippen LogP contribution in [-0.2, 0) is 14.6 Å². The number of aromatic nitrogens is 2. The van der Waals surface area contributed by atoms with E-state index >= 15 is 0 Å². The molecular weight excluding hydrogens is 402 g/mol. The topological polar surface area (TPSA) is 89.5 Å². The Morgan fingerprint density at radius 1 is 1.07 bits per heavy atom. The standard InChI is InChI=1S/C22H29N3O4S/c26-19(21-9-15-6-16(10-21)8-17(7-15)11-21)25-13-22(14-25)18(2-5-30(22,27)28)12-29-20-23-3-1-4-24-20/h1,3-4,15-18H,2,5-14H2/t15?,16?,17?,18-,21?/m1/s1. The first-order chi connectivity index (χ1) is 14.4. The lowest BCUT2D eigenvalue weighted by Gasteiger charge is -2.59. The summed E-state index contributed by atoms with van der Waals surface area (Å²) in [5.41, 5.74) is -0.206. The van der Waals surface area contributed by atoms with E-state index in [-0.39, 0.29) is 35.6 Å². The van der Waals surface area contributed by atoms with Gasteiger partial charge in [0, 0.05) is 31.4 Å². The lowest BCUT2D eigenvalue weighted by molar-refractivity contribution is -0.164. The van der Waals surface area contributed by atoms with Gasteiger partial charge in [-0.15, -0.1) is 0 Å². The average Bonchev–Trinajstić information content (AvgIpc) is 2.95. The molecule has 6 aliphatic rings. The molecular formula is C22H29N3O4S. The van der Waals surface area contributed by atoms with Gasteiger partial charge >= 0.3 is 6.01 Å². The number of ether oxygens (including phenoxy) is 1. The summed E-state index contributed by atoms with van der Waals surface area (Å²) >= 11 is 0. The first-order valence-electron chi connectivity index (χ1n) is 11.3. The second-order valence-corrected chi connectivity index (χ2v) is 13.0. The van der Waals surface area contributed by atoms with Gasteiger partial charge in [-0.1, -0.05) is 0 Å². The van der Waals surface area contributed by atoms with E-state index in [1.54, 1.807) is 18.5 Å². The van der Waals surface area contributed by atoms with Gasteiger partial charge in [-0.05, 0) is 68.8 Å². The zero-order chi connectivity index (χ0) is 20.6. The Morgan fingerprint density at radius 2 is 1.67 bits per heavy atom. The molecule has 2 aliphatic heterocycles. The monoisotopic (exact) mass is 431 g/mol. The van der Waals surface area contributed by atoms with Crippen LogP contribution in [-0.4, -0.2) is 59.4 Å². The molecule has 0 radical (unpaired) electrons. The van der Waals surface area contributed by atoms with Crippen LogP contribution in [0.5, 0.6) is 6.01 Å². The molecule has 6 fully saturated rings. The molecule has 4 aliphatic carbocycles. The van der Waals surface area contributed by atoms with Crippen LogP contribution in [0.2, 0.25) is 0 Å². The SMILES string of the molecule is O=C(N1CC2(C1)[C@@H](COc1ncccn1)CCS2(=O)=O)C12CC3CC(CC(C3)C1)C2. The molecule has 1 atom stereocenters. The maximum atomic E-state index is 13.6. The molecule has 0 unspecified atom stereocenters. The number of hydrogen-bond donors (Lipinski definition) is 0. The van der Waals surface area contributed by atoms with Crippen LogP contribution in [0.15, 0.2) is 18.5 Å². The highest BCUT2D eigenvalue weighted by Crippen LogP contribution is 2.61. The summed E-state index contributed by atoms with van der Waals surface area (Å²) < 4.78 is 30.8. The molecule has 4 bridgehead atoms. The molecule has 1 spiro atoms. The lowest BCUT2D eigenvalue weighted by atomic mass is 9.49. The highest BCUT2D eigenvalue weighted by molar-refractivity contribution is 7.93. The number of likely N-dealkylation sites (tertiary alicyclic amines) is 1. The molecule has 1 aromatic heterocycles. The molecule has 3 heterocycles. The minimum absolute atomic E-state index is 0.119. The van der Waals surface area contributed by atoms with E-state index in [9.17, 15) is 13.2 Å². The summed E-state index contributed by atoms with van der Waals surface area (Å²) in [6.45, 7) is 0.946. The molecule has 7 nitrogen and oxygen atoms in total. The summed E-state index contributed by atoms with van der Waals surface area (Å²) in [7, 11) is -3.24. The molecule has 162 valence electrons. The predicted molar refractivity (Wildman–Crippen MR) is 109 cm³/mol. The predicted octanol–water partition coefficient (Wildman–Crippen LogP) is 2.09. The smallest absolute Gasteiger partial charge is 0.316 e. The van der Waals surface area contributed by atoms with Gasteiger partial charge < -0.3 is 9.64 Å². The lowest BCUT2D eigenvalue weighted by Crippen LogP contribution is -2.71. The zero-order valence-electron chi connectivity index (χ0n) is 17.2. The van der Waals surface area contributed by atoms with E-state index in [1.807, 2.05) is 4.90 Å². The van der Waals surface area contributed by atoms with Crippen molar-refractivity contribution in [2.45, 2.75) is 49.7 Å². The Labute approximate surface area is 177 Å². The molecule has 0 N–H and O–H groups in total. The number of sulfone groups is 1. The number of carbonyl (C=O) groups excluding carboxylic acids is 1. The summed E-state index contributed by atoms with van der Waals surface area (Å²) in [6, 6.07) is 1.99. The largest absolute Gasteiger partial charge is 0.463 e. The van der Waals surface area contributed by atoms with E-state index in [2.05, 4.69) is 9.97 Å². The first-order valence-corrected chi connectivity index (χ1v) is 13.0. The van der Waals surface area contributed by atoms with Crippen molar-refractivity contribution in [1.82, 2.24) is 14.9 Å². The Bertz CT molecular complexity index is 923. The summed E-state index contributed by atoms with van der Waals surface area (Å²) in [5.74, 6) is 2.41. The fourth-order valence-corrected chi connectivity index (χ4v) is 10.1. The van der Waals surface area contributed by atoms with Gasteiger partial charge in [0.05, 0.1) is 17.8 Å². The van der Waals surface area contributed by atoms with E-state index in [0.717, 1.165) is 19.3 Å².